The molecule has 0 saturated heterocycles. The van der Waals surface area contributed by atoms with Gasteiger partial charge in [0.15, 0.2) is 0 Å². The van der Waals surface area contributed by atoms with Crippen LogP contribution in [0.15, 0.2) is 11.6 Å². The van der Waals surface area contributed by atoms with Crippen LogP contribution in [0.3, 0.4) is 0 Å². The summed E-state index contributed by atoms with van der Waals surface area (Å²) in [5.41, 5.74) is 1.66. The van der Waals surface area contributed by atoms with Gasteiger partial charge in [-0.25, -0.2) is 0 Å². The number of alkyl halides is 2. The lowest BCUT2D eigenvalue weighted by Crippen LogP contribution is -1.97. The van der Waals surface area contributed by atoms with Gasteiger partial charge in [0, 0.05) is 0 Å². The van der Waals surface area contributed by atoms with Crippen LogP contribution in [-0.2, 0) is 0 Å². The monoisotopic (exact) mass is 348 g/mol. The number of halogens is 2. The van der Waals surface area contributed by atoms with Gasteiger partial charge in [-0.15, -0.1) is 0 Å². The normalized spacial score (nSPS) is 20.1. The minimum absolute atomic E-state index is 0.737. The van der Waals surface area contributed by atoms with Gasteiger partial charge in [0.05, 0.1) is 1.93 Å². The van der Waals surface area contributed by atoms with Gasteiger partial charge < -0.3 is 0 Å². The molecule has 0 aliphatic heterocycles. The Balaban J connectivity index is 2.46. The number of hydrogen-bond acceptors (Lipinski definition) is 0. The minimum Gasteiger partial charge on any atom is -0.0835 e. The predicted octanol–water partition coefficient (Wildman–Crippen LogP) is 3.68. The lowest BCUT2D eigenvalue weighted by atomic mass is 10.0. The van der Waals surface area contributed by atoms with Crippen LogP contribution in [0.4, 0.5) is 0 Å². The summed E-state index contributed by atoms with van der Waals surface area (Å²) in [5, 5.41) is 0. The summed E-state index contributed by atoms with van der Waals surface area (Å²) in [5.74, 6) is 0. The molecule has 0 aromatic heterocycles. The van der Waals surface area contributed by atoms with Crippen molar-refractivity contribution in [3.8, 4) is 0 Å². The molecule has 0 bridgehead atoms. The zero-order valence-corrected chi connectivity index (χ0v) is 9.55. The largest absolute Gasteiger partial charge is 0.0835 e. The second-order valence-corrected chi connectivity index (χ2v) is 7.20. The third-order valence-electron chi connectivity index (χ3n) is 1.61. The molecule has 0 aromatic rings. The second-order valence-electron chi connectivity index (χ2n) is 2.33. The first-order chi connectivity index (χ1) is 4.30. The molecule has 0 radical (unpaired) electrons. The topological polar surface area (TPSA) is 0 Å². The van der Waals surface area contributed by atoms with Crippen molar-refractivity contribution in [3.05, 3.63) is 11.6 Å². The van der Waals surface area contributed by atoms with E-state index in [1.165, 1.54) is 25.7 Å². The molecule has 0 N–H and O–H groups in total. The molecule has 0 amide bonds. The average Bonchev–Trinajstić information content (AvgIpc) is 1.90. The molecule has 9 heavy (non-hydrogen) atoms. The van der Waals surface area contributed by atoms with Gasteiger partial charge >= 0.3 is 0 Å². The second kappa shape index (κ2) is 4.16. The molecule has 0 aromatic carbocycles. The maximum absolute atomic E-state index is 2.48. The smallest absolute Gasteiger partial charge is 0.0835 e. The van der Waals surface area contributed by atoms with E-state index < -0.39 is 0 Å². The molecule has 0 nitrogen and oxygen atoms in total. The van der Waals surface area contributed by atoms with Crippen LogP contribution >= 0.6 is 45.2 Å². The van der Waals surface area contributed by atoms with Crippen LogP contribution in [0.25, 0.3) is 0 Å². The van der Waals surface area contributed by atoms with Crippen molar-refractivity contribution in [1.82, 2.24) is 0 Å². The van der Waals surface area contributed by atoms with Gasteiger partial charge in [-0.3, -0.25) is 0 Å². The highest BCUT2D eigenvalue weighted by atomic mass is 127. The minimum atomic E-state index is 0.737. The van der Waals surface area contributed by atoms with E-state index in [1.54, 1.807) is 5.57 Å². The fourth-order valence-electron chi connectivity index (χ4n) is 1.06. The Hall–Kier alpha value is 1.20. The maximum Gasteiger partial charge on any atom is 0.0835 e. The summed E-state index contributed by atoms with van der Waals surface area (Å²) in [6.07, 6.45) is 7.89. The molecule has 1 aliphatic carbocycles. The Kier molecular flexibility index (Phi) is 3.83. The quantitative estimate of drug-likeness (QED) is 0.385. The van der Waals surface area contributed by atoms with Crippen molar-refractivity contribution in [2.24, 2.45) is 0 Å². The number of rotatable bonds is 1. The molecule has 52 valence electrons. The number of allylic oxidation sites excluding steroid dienone is 2. The van der Waals surface area contributed by atoms with Crippen molar-refractivity contribution in [3.63, 3.8) is 0 Å². The Morgan fingerprint density at radius 1 is 1.33 bits per heavy atom. The van der Waals surface area contributed by atoms with Gasteiger partial charge in [-0.1, -0.05) is 56.8 Å². The first-order valence-corrected chi connectivity index (χ1v) is 5.77. The molecule has 0 heterocycles. The van der Waals surface area contributed by atoms with Gasteiger partial charge in [0.1, 0.15) is 0 Å². The van der Waals surface area contributed by atoms with Crippen LogP contribution < -0.4 is 0 Å². The first kappa shape index (κ1) is 8.30. The fraction of sp³-hybridized carbons (Fsp3) is 0.714. The zero-order chi connectivity index (χ0) is 6.69. The number of hydrogen-bond donors (Lipinski definition) is 0. The zero-order valence-electron chi connectivity index (χ0n) is 5.24. The van der Waals surface area contributed by atoms with Crippen molar-refractivity contribution < 1.29 is 0 Å². The Labute approximate surface area is 83.8 Å². The highest BCUT2D eigenvalue weighted by Gasteiger charge is 2.08. The van der Waals surface area contributed by atoms with Gasteiger partial charge in [0.2, 0.25) is 0 Å². The van der Waals surface area contributed by atoms with Crippen LogP contribution in [0.1, 0.15) is 25.7 Å². The van der Waals surface area contributed by atoms with Gasteiger partial charge in [-0.05, 0) is 25.7 Å². The van der Waals surface area contributed by atoms with E-state index >= 15 is 0 Å². The molecule has 0 atom stereocenters. The Morgan fingerprint density at radius 2 is 2.11 bits per heavy atom. The SMILES string of the molecule is IC(I)C1=CCCCC1. The van der Waals surface area contributed by atoms with Crippen LogP contribution in [-0.4, -0.2) is 1.93 Å². The third-order valence-corrected chi connectivity index (χ3v) is 3.21. The third kappa shape index (κ3) is 2.74. The lowest BCUT2D eigenvalue weighted by molar-refractivity contribution is 0.703. The van der Waals surface area contributed by atoms with Crippen molar-refractivity contribution in [1.29, 1.82) is 0 Å². The van der Waals surface area contributed by atoms with E-state index in [0.717, 1.165) is 1.93 Å². The van der Waals surface area contributed by atoms with Crippen molar-refractivity contribution >= 4 is 45.2 Å². The molecule has 1 aliphatic rings. The van der Waals surface area contributed by atoms with Crippen molar-refractivity contribution in [2.45, 2.75) is 27.6 Å². The molecular formula is C7H10I2. The van der Waals surface area contributed by atoms with Crippen LogP contribution in [0, 0.1) is 0 Å². The van der Waals surface area contributed by atoms with E-state index in [-0.39, 0.29) is 0 Å². The maximum atomic E-state index is 2.48. The van der Waals surface area contributed by atoms with Crippen molar-refractivity contribution in [2.75, 3.05) is 0 Å². The summed E-state index contributed by atoms with van der Waals surface area (Å²) in [6, 6.07) is 0. The summed E-state index contributed by atoms with van der Waals surface area (Å²) in [6.45, 7) is 0. The van der Waals surface area contributed by atoms with Gasteiger partial charge in [-0.2, -0.15) is 0 Å². The first-order valence-electron chi connectivity index (χ1n) is 3.28. The van der Waals surface area contributed by atoms with E-state index in [1.807, 2.05) is 0 Å². The molecule has 0 unspecified atom stereocenters. The molecule has 0 saturated carbocycles. The summed E-state index contributed by atoms with van der Waals surface area (Å²) < 4.78 is 0.737. The lowest BCUT2D eigenvalue weighted by Gasteiger charge is -2.12. The predicted molar refractivity (Wildman–Crippen MR) is 58.4 cm³/mol. The highest BCUT2D eigenvalue weighted by Crippen LogP contribution is 2.28. The summed E-state index contributed by atoms with van der Waals surface area (Å²) in [4.78, 5) is 0. The van der Waals surface area contributed by atoms with E-state index in [2.05, 4.69) is 51.3 Å². The molecule has 0 spiro atoms. The van der Waals surface area contributed by atoms with E-state index in [4.69, 9.17) is 0 Å². The van der Waals surface area contributed by atoms with Gasteiger partial charge in [0.25, 0.3) is 0 Å². The Morgan fingerprint density at radius 3 is 2.44 bits per heavy atom. The molecule has 1 rings (SSSR count). The van der Waals surface area contributed by atoms with E-state index in [9.17, 15) is 0 Å². The van der Waals surface area contributed by atoms with Crippen LogP contribution in [0.5, 0.6) is 0 Å². The molecule has 2 heteroatoms. The molecular weight excluding hydrogens is 338 g/mol. The van der Waals surface area contributed by atoms with E-state index in [0.29, 0.717) is 0 Å². The molecule has 0 fully saturated rings. The summed E-state index contributed by atoms with van der Waals surface area (Å²) >= 11 is 4.96. The Bertz CT molecular complexity index is 116. The average molecular weight is 348 g/mol. The standard InChI is InChI=1S/C7H10I2/c8-7(9)6-4-2-1-3-5-6/h4,7H,1-3,5H2. The highest BCUT2D eigenvalue weighted by molar-refractivity contribution is 14.2. The summed E-state index contributed by atoms with van der Waals surface area (Å²) in [7, 11) is 0. The van der Waals surface area contributed by atoms with Crippen LogP contribution in [0.2, 0.25) is 0 Å². The fourth-order valence-corrected chi connectivity index (χ4v) is 2.19.